The van der Waals surface area contributed by atoms with E-state index in [1.807, 2.05) is 30.7 Å². The lowest BCUT2D eigenvalue weighted by Gasteiger charge is -2.49. The van der Waals surface area contributed by atoms with E-state index < -0.39 is 5.72 Å². The van der Waals surface area contributed by atoms with Crippen LogP contribution < -0.4 is 9.64 Å². The lowest BCUT2D eigenvalue weighted by Crippen LogP contribution is -2.64. The van der Waals surface area contributed by atoms with Crippen LogP contribution in [-0.2, 0) is 5.41 Å². The number of aliphatic imine (C=N–C) groups is 1. The Hall–Kier alpha value is -2.88. The molecule has 0 radical (unpaired) electrons. The largest absolute Gasteiger partial charge is 0.459 e. The van der Waals surface area contributed by atoms with Gasteiger partial charge in [0.25, 0.3) is 0 Å². The molecule has 142 valence electrons. The molecule has 1 aromatic heterocycles. The van der Waals surface area contributed by atoms with Crippen LogP contribution in [0.4, 0.5) is 11.4 Å². The Morgan fingerprint density at radius 3 is 2.71 bits per heavy atom. The molecular formula is C24H25N3O. The number of para-hydroxylation sites is 1. The first-order chi connectivity index (χ1) is 13.5. The zero-order chi connectivity index (χ0) is 19.5. The van der Waals surface area contributed by atoms with Gasteiger partial charge in [0.05, 0.1) is 11.6 Å². The summed E-state index contributed by atoms with van der Waals surface area (Å²) in [5, 5.41) is 2.15. The van der Waals surface area contributed by atoms with Crippen LogP contribution in [0.2, 0.25) is 0 Å². The molecule has 2 aliphatic heterocycles. The first-order valence-electron chi connectivity index (χ1n) is 10.0. The van der Waals surface area contributed by atoms with Crippen molar-refractivity contribution in [1.82, 2.24) is 4.98 Å². The molecule has 0 bridgehead atoms. The number of ether oxygens (including phenoxy) is 1. The van der Waals surface area contributed by atoms with Crippen molar-refractivity contribution in [1.29, 1.82) is 0 Å². The van der Waals surface area contributed by atoms with Crippen LogP contribution >= 0.6 is 0 Å². The van der Waals surface area contributed by atoms with Crippen LogP contribution in [0, 0.1) is 0 Å². The third-order valence-electron chi connectivity index (χ3n) is 6.52. The number of anilines is 1. The van der Waals surface area contributed by atoms with Crippen molar-refractivity contribution in [3.05, 3.63) is 60.4 Å². The van der Waals surface area contributed by atoms with E-state index >= 15 is 0 Å². The van der Waals surface area contributed by atoms with Gasteiger partial charge in [0.1, 0.15) is 11.4 Å². The highest BCUT2D eigenvalue weighted by Crippen LogP contribution is 2.56. The van der Waals surface area contributed by atoms with E-state index in [4.69, 9.17) is 9.73 Å². The van der Waals surface area contributed by atoms with Crippen molar-refractivity contribution in [2.45, 2.75) is 51.3 Å². The first-order valence-corrected chi connectivity index (χ1v) is 10.0. The molecule has 28 heavy (non-hydrogen) atoms. The van der Waals surface area contributed by atoms with Gasteiger partial charge in [-0.25, -0.2) is 0 Å². The van der Waals surface area contributed by atoms with E-state index in [1.165, 1.54) is 11.3 Å². The second-order valence-electron chi connectivity index (χ2n) is 8.23. The second-order valence-corrected chi connectivity index (χ2v) is 8.23. The van der Waals surface area contributed by atoms with Crippen LogP contribution in [0.5, 0.6) is 5.75 Å². The Morgan fingerprint density at radius 2 is 1.93 bits per heavy atom. The topological polar surface area (TPSA) is 37.7 Å². The number of aromatic nitrogens is 1. The Bertz CT molecular complexity index is 1110. The molecule has 1 spiro atoms. The maximum atomic E-state index is 6.90. The summed E-state index contributed by atoms with van der Waals surface area (Å²) in [7, 11) is 0. The molecule has 0 amide bonds. The SMILES string of the molecule is CCC1(C)c2ccccc2N(C(C)C)C12C=Nc1c(ccc3ccncc13)O2. The fraction of sp³-hybridized carbons (Fsp3) is 0.333. The van der Waals surface area contributed by atoms with Crippen LogP contribution in [0.25, 0.3) is 10.8 Å². The van der Waals surface area contributed by atoms with Crippen molar-refractivity contribution in [2.75, 3.05) is 4.90 Å². The summed E-state index contributed by atoms with van der Waals surface area (Å²) in [4.78, 5) is 11.7. The van der Waals surface area contributed by atoms with Gasteiger partial charge in [-0.2, -0.15) is 0 Å². The molecule has 4 nitrogen and oxygen atoms in total. The number of benzene rings is 2. The lowest BCUT2D eigenvalue weighted by atomic mass is 9.73. The quantitative estimate of drug-likeness (QED) is 0.586. The molecule has 2 aliphatic rings. The van der Waals surface area contributed by atoms with E-state index in [2.05, 4.69) is 67.9 Å². The van der Waals surface area contributed by atoms with E-state index in [0.29, 0.717) is 0 Å². The number of pyridine rings is 1. The Morgan fingerprint density at radius 1 is 1.11 bits per heavy atom. The van der Waals surface area contributed by atoms with Crippen LogP contribution in [0.15, 0.2) is 59.9 Å². The van der Waals surface area contributed by atoms with Gasteiger partial charge in [-0.3, -0.25) is 9.98 Å². The zero-order valence-electron chi connectivity index (χ0n) is 16.8. The second kappa shape index (κ2) is 5.81. The van der Waals surface area contributed by atoms with Crippen LogP contribution in [0.3, 0.4) is 0 Å². The normalized spacial score (nSPS) is 25.2. The summed E-state index contributed by atoms with van der Waals surface area (Å²) in [5.41, 5.74) is 2.57. The van der Waals surface area contributed by atoms with E-state index in [-0.39, 0.29) is 11.5 Å². The smallest absolute Gasteiger partial charge is 0.229 e. The average molecular weight is 371 g/mol. The highest BCUT2D eigenvalue weighted by molar-refractivity contribution is 5.99. The Labute approximate surface area is 165 Å². The molecule has 0 saturated carbocycles. The predicted molar refractivity (Wildman–Crippen MR) is 115 cm³/mol. The highest BCUT2D eigenvalue weighted by atomic mass is 16.5. The van der Waals surface area contributed by atoms with Crippen LogP contribution in [-0.4, -0.2) is 23.0 Å². The van der Waals surface area contributed by atoms with E-state index in [9.17, 15) is 0 Å². The van der Waals surface area contributed by atoms with Crippen molar-refractivity contribution in [3.63, 3.8) is 0 Å². The molecular weight excluding hydrogens is 346 g/mol. The zero-order valence-corrected chi connectivity index (χ0v) is 16.8. The van der Waals surface area contributed by atoms with Crippen molar-refractivity contribution in [2.24, 2.45) is 4.99 Å². The van der Waals surface area contributed by atoms with Gasteiger partial charge >= 0.3 is 0 Å². The van der Waals surface area contributed by atoms with Gasteiger partial charge in [-0.05, 0) is 56.3 Å². The third-order valence-corrected chi connectivity index (χ3v) is 6.52. The molecule has 4 heteroatoms. The van der Waals surface area contributed by atoms with Gasteiger partial charge in [-0.15, -0.1) is 0 Å². The first kappa shape index (κ1) is 17.2. The predicted octanol–water partition coefficient (Wildman–Crippen LogP) is 5.62. The molecule has 0 aliphatic carbocycles. The van der Waals surface area contributed by atoms with Gasteiger partial charge < -0.3 is 9.64 Å². The van der Waals surface area contributed by atoms with Crippen molar-refractivity contribution < 1.29 is 4.74 Å². The van der Waals surface area contributed by atoms with Gasteiger partial charge in [0, 0.05) is 29.5 Å². The summed E-state index contributed by atoms with van der Waals surface area (Å²) in [6.07, 6.45) is 6.66. The molecule has 5 rings (SSSR count). The average Bonchev–Trinajstić information content (AvgIpc) is 2.93. The summed E-state index contributed by atoms with van der Waals surface area (Å²) in [5.74, 6) is 0.820. The minimum absolute atomic E-state index is 0.209. The molecule has 2 atom stereocenters. The van der Waals surface area contributed by atoms with Gasteiger partial charge in [-0.1, -0.05) is 31.2 Å². The minimum Gasteiger partial charge on any atom is -0.459 e. The van der Waals surface area contributed by atoms with Crippen LogP contribution in [0.1, 0.15) is 39.7 Å². The lowest BCUT2D eigenvalue weighted by molar-refractivity contribution is 0.0610. The molecule has 3 heterocycles. The number of rotatable bonds is 2. The summed E-state index contributed by atoms with van der Waals surface area (Å²) in [6.45, 7) is 8.97. The number of fused-ring (bicyclic) bond motifs is 4. The molecule has 3 aromatic rings. The maximum absolute atomic E-state index is 6.90. The van der Waals surface area contributed by atoms with E-state index in [0.717, 1.165) is 28.6 Å². The third kappa shape index (κ3) is 2.00. The maximum Gasteiger partial charge on any atom is 0.229 e. The number of hydrogen-bond donors (Lipinski definition) is 0. The Kier molecular flexibility index (Phi) is 3.57. The molecule has 2 unspecified atom stereocenters. The fourth-order valence-corrected chi connectivity index (χ4v) is 4.95. The Balaban J connectivity index is 1.76. The number of hydrogen-bond acceptors (Lipinski definition) is 4. The molecule has 0 saturated heterocycles. The highest BCUT2D eigenvalue weighted by Gasteiger charge is 2.61. The summed E-state index contributed by atoms with van der Waals surface area (Å²) < 4.78 is 6.90. The monoisotopic (exact) mass is 371 g/mol. The number of nitrogens with zero attached hydrogens (tertiary/aromatic N) is 3. The molecule has 2 aromatic carbocycles. The summed E-state index contributed by atoms with van der Waals surface area (Å²) in [6, 6.07) is 15.1. The molecule has 0 N–H and O–H groups in total. The minimum atomic E-state index is -0.650. The van der Waals surface area contributed by atoms with E-state index in [1.54, 1.807) is 0 Å². The fourth-order valence-electron chi connectivity index (χ4n) is 4.95. The molecule has 0 fully saturated rings. The summed E-state index contributed by atoms with van der Waals surface area (Å²) >= 11 is 0. The van der Waals surface area contributed by atoms with Gasteiger partial charge in [0.2, 0.25) is 5.72 Å². The van der Waals surface area contributed by atoms with Crippen molar-refractivity contribution in [3.8, 4) is 5.75 Å². The van der Waals surface area contributed by atoms with Gasteiger partial charge in [0.15, 0.2) is 0 Å². The van der Waals surface area contributed by atoms with Crippen molar-refractivity contribution >= 4 is 28.4 Å². The standard InChI is InChI=1S/C24H25N3O/c1-5-23(4)19-8-6-7-9-20(19)27(16(2)3)24(23)15-26-22-18-14-25-13-12-17(18)10-11-21(22)28-24/h6-16H,5H2,1-4H3.